The van der Waals surface area contributed by atoms with Crippen molar-refractivity contribution >= 4 is 34.3 Å². The summed E-state index contributed by atoms with van der Waals surface area (Å²) in [6, 6.07) is 15.8. The number of aromatic nitrogens is 4. The Morgan fingerprint density at radius 1 is 0.971 bits per heavy atom. The number of hydrogen-bond donors (Lipinski definition) is 0. The summed E-state index contributed by atoms with van der Waals surface area (Å²) in [5.74, 6) is 1.18. The van der Waals surface area contributed by atoms with Crippen LogP contribution in [0.25, 0.3) is 22.4 Å². The molecule has 0 unspecified atom stereocenters. The molecule has 0 bridgehead atoms. The minimum Gasteiger partial charge on any atom is -0.337 e. The molecule has 0 aliphatic heterocycles. The Balaban J connectivity index is 1.81. The van der Waals surface area contributed by atoms with Gasteiger partial charge in [0.2, 0.25) is 11.7 Å². The van der Waals surface area contributed by atoms with Gasteiger partial charge in [-0.25, -0.2) is 4.57 Å². The number of fused-ring (bicyclic) bond motifs is 3. The van der Waals surface area contributed by atoms with Crippen LogP contribution in [-0.2, 0) is 4.79 Å². The summed E-state index contributed by atoms with van der Waals surface area (Å²) in [5.41, 5.74) is 2.56. The molecule has 2 heterocycles. The Kier molecular flexibility index (Phi) is 7.31. The van der Waals surface area contributed by atoms with Gasteiger partial charge in [0.05, 0.1) is 22.3 Å². The monoisotopic (exact) mass is 491 g/mol. The Hall–Kier alpha value is -3.13. The molecular weight excluding hydrogens is 458 g/mol. The average Bonchev–Trinajstić information content (AvgIpc) is 3.26. The summed E-state index contributed by atoms with van der Waals surface area (Å²) in [4.78, 5) is 28.4. The van der Waals surface area contributed by atoms with Crippen molar-refractivity contribution in [3.05, 3.63) is 64.4 Å². The van der Waals surface area contributed by atoms with Crippen molar-refractivity contribution in [3.63, 3.8) is 0 Å². The van der Waals surface area contributed by atoms with E-state index >= 15 is 0 Å². The van der Waals surface area contributed by atoms with E-state index in [-0.39, 0.29) is 29.3 Å². The van der Waals surface area contributed by atoms with Gasteiger partial charge >= 0.3 is 0 Å². The smallest absolute Gasteiger partial charge is 0.267 e. The summed E-state index contributed by atoms with van der Waals surface area (Å²) >= 11 is 1.34. The Morgan fingerprint density at radius 2 is 1.63 bits per heavy atom. The SMILES string of the molecule is CC[C@@H](C)c1ccc(-n2c(=O)c3ccccc3n3c(SCC(=O)N(C(C)C)C(C)C)nnc23)cc1. The molecule has 0 saturated carbocycles. The number of benzene rings is 2. The van der Waals surface area contributed by atoms with E-state index in [4.69, 9.17) is 0 Å². The first kappa shape index (κ1) is 25.0. The Bertz CT molecular complexity index is 1400. The van der Waals surface area contributed by atoms with E-state index < -0.39 is 0 Å². The summed E-state index contributed by atoms with van der Waals surface area (Å²) in [7, 11) is 0. The van der Waals surface area contributed by atoms with E-state index in [9.17, 15) is 9.59 Å². The molecule has 0 spiro atoms. The minimum absolute atomic E-state index is 0.0509. The van der Waals surface area contributed by atoms with Crippen molar-refractivity contribution in [2.75, 3.05) is 5.75 Å². The molecule has 35 heavy (non-hydrogen) atoms. The van der Waals surface area contributed by atoms with Crippen molar-refractivity contribution in [2.45, 2.75) is 71.1 Å². The second kappa shape index (κ2) is 10.2. The lowest BCUT2D eigenvalue weighted by Gasteiger charge is -2.30. The molecule has 0 N–H and O–H groups in total. The zero-order valence-corrected chi connectivity index (χ0v) is 22.0. The van der Waals surface area contributed by atoms with Crippen LogP contribution in [0.15, 0.2) is 58.5 Å². The maximum atomic E-state index is 13.5. The van der Waals surface area contributed by atoms with Gasteiger partial charge in [0.1, 0.15) is 0 Å². The van der Waals surface area contributed by atoms with E-state index in [0.29, 0.717) is 22.2 Å². The highest BCUT2D eigenvalue weighted by Crippen LogP contribution is 2.25. The van der Waals surface area contributed by atoms with Crippen molar-refractivity contribution in [3.8, 4) is 5.69 Å². The van der Waals surface area contributed by atoms with Crippen LogP contribution in [0.3, 0.4) is 0 Å². The number of nitrogens with zero attached hydrogens (tertiary/aromatic N) is 5. The Morgan fingerprint density at radius 3 is 2.26 bits per heavy atom. The first-order valence-electron chi connectivity index (χ1n) is 12.2. The van der Waals surface area contributed by atoms with Gasteiger partial charge in [-0.1, -0.05) is 49.9 Å². The zero-order chi connectivity index (χ0) is 25.3. The van der Waals surface area contributed by atoms with E-state index in [2.05, 4.69) is 36.2 Å². The van der Waals surface area contributed by atoms with Gasteiger partial charge in [0.15, 0.2) is 5.16 Å². The molecule has 1 amide bonds. The van der Waals surface area contributed by atoms with Gasteiger partial charge in [0.25, 0.3) is 5.56 Å². The minimum atomic E-state index is -0.143. The molecule has 4 aromatic rings. The molecule has 2 aromatic heterocycles. The third-order valence-corrected chi connectivity index (χ3v) is 7.37. The van der Waals surface area contributed by atoms with E-state index in [0.717, 1.165) is 17.6 Å². The zero-order valence-electron chi connectivity index (χ0n) is 21.2. The third-order valence-electron chi connectivity index (χ3n) is 6.45. The standard InChI is InChI=1S/C27H33N5O2S/c1-7-19(6)20-12-14-21(15-13-20)31-25(34)22-10-8-9-11-23(22)32-26(31)28-29-27(32)35-16-24(33)30(17(2)3)18(4)5/h8-15,17-19H,7,16H2,1-6H3/t19-/m1/s1. The first-order chi connectivity index (χ1) is 16.7. The predicted molar refractivity (Wildman–Crippen MR) is 143 cm³/mol. The van der Waals surface area contributed by atoms with Crippen LogP contribution in [0.1, 0.15) is 59.4 Å². The molecule has 184 valence electrons. The first-order valence-corrected chi connectivity index (χ1v) is 13.2. The number of amides is 1. The molecule has 0 saturated heterocycles. The lowest BCUT2D eigenvalue weighted by molar-refractivity contribution is -0.131. The number of carbonyl (C=O) groups excluding carboxylic acids is 1. The average molecular weight is 492 g/mol. The van der Waals surface area contributed by atoms with Crippen molar-refractivity contribution in [1.82, 2.24) is 24.1 Å². The molecular formula is C27H33N5O2S. The van der Waals surface area contributed by atoms with Crippen LogP contribution in [-0.4, -0.2) is 47.8 Å². The largest absolute Gasteiger partial charge is 0.337 e. The van der Waals surface area contributed by atoms with Gasteiger partial charge in [-0.05, 0) is 69.9 Å². The fraction of sp³-hybridized carbons (Fsp3) is 0.407. The second-order valence-corrected chi connectivity index (χ2v) is 10.4. The van der Waals surface area contributed by atoms with Crippen molar-refractivity contribution in [2.24, 2.45) is 0 Å². The highest BCUT2D eigenvalue weighted by Gasteiger charge is 2.23. The number of rotatable bonds is 8. The summed E-state index contributed by atoms with van der Waals surface area (Å²) in [5, 5.41) is 9.96. The van der Waals surface area contributed by atoms with Crippen molar-refractivity contribution < 1.29 is 4.79 Å². The summed E-state index contributed by atoms with van der Waals surface area (Å²) < 4.78 is 3.49. The molecule has 0 aliphatic carbocycles. The molecule has 2 aromatic carbocycles. The number of thioether (sulfide) groups is 1. The number of para-hydroxylation sites is 1. The topological polar surface area (TPSA) is 72.5 Å². The molecule has 0 radical (unpaired) electrons. The molecule has 0 fully saturated rings. The van der Waals surface area contributed by atoms with Crippen LogP contribution in [0.5, 0.6) is 0 Å². The van der Waals surface area contributed by atoms with Gasteiger partial charge in [-0.2, -0.15) is 0 Å². The van der Waals surface area contributed by atoms with Crippen LogP contribution < -0.4 is 5.56 Å². The van der Waals surface area contributed by atoms with Crippen molar-refractivity contribution in [1.29, 1.82) is 0 Å². The molecule has 4 rings (SSSR count). The lowest BCUT2D eigenvalue weighted by Crippen LogP contribution is -2.43. The van der Waals surface area contributed by atoms with E-state index in [1.54, 1.807) is 4.57 Å². The maximum absolute atomic E-state index is 13.5. The molecule has 7 nitrogen and oxygen atoms in total. The molecule has 0 aliphatic rings. The van der Waals surface area contributed by atoms with Gasteiger partial charge in [-0.15, -0.1) is 10.2 Å². The van der Waals surface area contributed by atoms with Gasteiger partial charge in [-0.3, -0.25) is 14.0 Å². The van der Waals surface area contributed by atoms with Crippen LogP contribution in [0, 0.1) is 0 Å². The lowest BCUT2D eigenvalue weighted by atomic mass is 9.98. The normalized spacial score (nSPS) is 12.7. The highest BCUT2D eigenvalue weighted by molar-refractivity contribution is 7.99. The van der Waals surface area contributed by atoms with Crippen LogP contribution in [0.2, 0.25) is 0 Å². The van der Waals surface area contributed by atoms with E-state index in [1.165, 1.54) is 17.3 Å². The summed E-state index contributed by atoms with van der Waals surface area (Å²) in [6.07, 6.45) is 1.05. The number of carbonyl (C=O) groups is 1. The van der Waals surface area contributed by atoms with Crippen LogP contribution in [0.4, 0.5) is 0 Å². The second-order valence-electron chi connectivity index (χ2n) is 9.45. The molecule has 8 heteroatoms. The van der Waals surface area contributed by atoms with E-state index in [1.807, 2.05) is 73.4 Å². The fourth-order valence-electron chi connectivity index (χ4n) is 4.57. The highest BCUT2D eigenvalue weighted by atomic mass is 32.2. The number of hydrogen-bond acceptors (Lipinski definition) is 5. The quantitative estimate of drug-likeness (QED) is 0.313. The molecule has 1 atom stereocenters. The predicted octanol–water partition coefficient (Wildman–Crippen LogP) is 5.28. The fourth-order valence-corrected chi connectivity index (χ4v) is 5.37. The summed E-state index contributed by atoms with van der Waals surface area (Å²) in [6.45, 7) is 12.4. The van der Waals surface area contributed by atoms with Gasteiger partial charge in [0, 0.05) is 12.1 Å². The Labute approximate surface area is 210 Å². The maximum Gasteiger partial charge on any atom is 0.267 e. The third kappa shape index (κ3) is 4.72. The van der Waals surface area contributed by atoms with Gasteiger partial charge < -0.3 is 4.90 Å². The van der Waals surface area contributed by atoms with Crippen LogP contribution >= 0.6 is 11.8 Å².